The lowest BCUT2D eigenvalue weighted by molar-refractivity contribution is -0.0504. The minimum atomic E-state index is -0.0474. The Morgan fingerprint density at radius 2 is 1.71 bits per heavy atom. The summed E-state index contributed by atoms with van der Waals surface area (Å²) in [5.74, 6) is 0. The summed E-state index contributed by atoms with van der Waals surface area (Å²) in [5, 5.41) is 0. The van der Waals surface area contributed by atoms with Crippen molar-refractivity contribution in [1.29, 1.82) is 0 Å². The van der Waals surface area contributed by atoms with Gasteiger partial charge in [0.2, 0.25) is 0 Å². The Morgan fingerprint density at radius 1 is 1.14 bits per heavy atom. The molecular formula is C13H20O. The molecule has 0 N–H and O–H groups in total. The van der Waals surface area contributed by atoms with Crippen molar-refractivity contribution in [1.82, 2.24) is 0 Å². The fraction of sp³-hybridized carbons (Fsp3) is 0.538. The summed E-state index contributed by atoms with van der Waals surface area (Å²) in [6.07, 6.45) is 1.26. The van der Waals surface area contributed by atoms with Crippen LogP contribution in [0, 0.1) is 0 Å². The van der Waals surface area contributed by atoms with E-state index in [4.69, 9.17) is 4.74 Å². The van der Waals surface area contributed by atoms with Crippen molar-refractivity contribution in [2.24, 2.45) is 0 Å². The zero-order chi connectivity index (χ0) is 10.6. The van der Waals surface area contributed by atoms with Gasteiger partial charge in [-0.1, -0.05) is 30.3 Å². The van der Waals surface area contributed by atoms with Crippen LogP contribution in [-0.4, -0.2) is 11.7 Å². The van der Waals surface area contributed by atoms with Gasteiger partial charge in [-0.3, -0.25) is 0 Å². The largest absolute Gasteiger partial charge is 0.373 e. The lowest BCUT2D eigenvalue weighted by atomic mass is 10.1. The second-order valence-corrected chi connectivity index (χ2v) is 4.73. The highest BCUT2D eigenvalue weighted by Gasteiger charge is 2.14. The molecule has 0 amide bonds. The summed E-state index contributed by atoms with van der Waals surface area (Å²) < 4.78 is 5.84. The molecule has 0 aromatic heterocycles. The highest BCUT2D eigenvalue weighted by molar-refractivity contribution is 5.15. The van der Waals surface area contributed by atoms with Crippen LogP contribution in [-0.2, 0) is 11.2 Å². The van der Waals surface area contributed by atoms with Crippen molar-refractivity contribution in [3.8, 4) is 0 Å². The zero-order valence-corrected chi connectivity index (χ0v) is 9.58. The summed E-state index contributed by atoms with van der Waals surface area (Å²) in [6.45, 7) is 8.40. The van der Waals surface area contributed by atoms with Crippen molar-refractivity contribution in [3.05, 3.63) is 35.9 Å². The van der Waals surface area contributed by atoms with Gasteiger partial charge in [-0.2, -0.15) is 0 Å². The first-order chi connectivity index (χ1) is 6.47. The van der Waals surface area contributed by atoms with Crippen LogP contribution in [0.5, 0.6) is 0 Å². The van der Waals surface area contributed by atoms with Gasteiger partial charge in [0.15, 0.2) is 0 Å². The minimum absolute atomic E-state index is 0.0474. The predicted molar refractivity (Wildman–Crippen MR) is 60.4 cm³/mol. The Kier molecular flexibility index (Phi) is 3.70. The first-order valence-corrected chi connectivity index (χ1v) is 5.19. The fourth-order valence-electron chi connectivity index (χ4n) is 1.59. The molecule has 0 aliphatic carbocycles. The Hall–Kier alpha value is -0.820. The normalized spacial score (nSPS) is 14.0. The molecule has 1 rings (SSSR count). The van der Waals surface area contributed by atoms with Gasteiger partial charge in [0.1, 0.15) is 0 Å². The lowest BCUT2D eigenvalue weighted by Gasteiger charge is -2.25. The summed E-state index contributed by atoms with van der Waals surface area (Å²) in [7, 11) is 0. The van der Waals surface area contributed by atoms with Gasteiger partial charge in [0.05, 0.1) is 11.7 Å². The highest BCUT2D eigenvalue weighted by Crippen LogP contribution is 2.14. The number of rotatable bonds is 3. The van der Waals surface area contributed by atoms with Gasteiger partial charge < -0.3 is 4.74 Å². The Labute approximate surface area is 87.1 Å². The molecule has 1 nitrogen and oxygen atoms in total. The quantitative estimate of drug-likeness (QED) is 0.713. The second-order valence-electron chi connectivity index (χ2n) is 4.73. The molecule has 0 spiro atoms. The molecule has 78 valence electrons. The van der Waals surface area contributed by atoms with E-state index >= 15 is 0 Å². The monoisotopic (exact) mass is 192 g/mol. The second kappa shape index (κ2) is 4.61. The molecule has 0 aliphatic rings. The van der Waals surface area contributed by atoms with Crippen LogP contribution in [0.3, 0.4) is 0 Å². The summed E-state index contributed by atoms with van der Waals surface area (Å²) in [6, 6.07) is 10.5. The van der Waals surface area contributed by atoms with Crippen LogP contribution in [0.15, 0.2) is 30.3 Å². The third-order valence-electron chi connectivity index (χ3n) is 1.92. The van der Waals surface area contributed by atoms with Crippen LogP contribution < -0.4 is 0 Å². The number of benzene rings is 1. The summed E-state index contributed by atoms with van der Waals surface area (Å²) in [4.78, 5) is 0. The van der Waals surface area contributed by atoms with E-state index in [0.717, 1.165) is 6.42 Å². The Bertz CT molecular complexity index is 258. The topological polar surface area (TPSA) is 9.23 Å². The average molecular weight is 192 g/mol. The third-order valence-corrected chi connectivity index (χ3v) is 1.92. The van der Waals surface area contributed by atoms with Gasteiger partial charge in [-0.25, -0.2) is 0 Å². The van der Waals surface area contributed by atoms with Crippen molar-refractivity contribution in [3.63, 3.8) is 0 Å². The maximum atomic E-state index is 5.84. The van der Waals surface area contributed by atoms with E-state index in [9.17, 15) is 0 Å². The molecule has 1 unspecified atom stereocenters. The summed E-state index contributed by atoms with van der Waals surface area (Å²) >= 11 is 0. The first-order valence-electron chi connectivity index (χ1n) is 5.19. The van der Waals surface area contributed by atoms with E-state index in [1.807, 2.05) is 6.07 Å². The number of hydrogen-bond donors (Lipinski definition) is 0. The first kappa shape index (κ1) is 11.3. The van der Waals surface area contributed by atoms with Gasteiger partial charge in [-0.15, -0.1) is 0 Å². The molecule has 1 aromatic carbocycles. The van der Waals surface area contributed by atoms with Gasteiger partial charge in [0.25, 0.3) is 0 Å². The molecule has 0 radical (unpaired) electrons. The van der Waals surface area contributed by atoms with Crippen molar-refractivity contribution >= 4 is 0 Å². The molecule has 0 saturated heterocycles. The summed E-state index contributed by atoms with van der Waals surface area (Å²) in [5.41, 5.74) is 1.29. The molecular weight excluding hydrogens is 172 g/mol. The van der Waals surface area contributed by atoms with E-state index in [1.54, 1.807) is 0 Å². The molecule has 1 heteroatoms. The average Bonchev–Trinajstić information content (AvgIpc) is 2.02. The minimum Gasteiger partial charge on any atom is -0.373 e. The maximum absolute atomic E-state index is 5.84. The van der Waals surface area contributed by atoms with E-state index in [0.29, 0.717) is 0 Å². The molecule has 0 heterocycles. The lowest BCUT2D eigenvalue weighted by Crippen LogP contribution is -2.26. The predicted octanol–water partition coefficient (Wildman–Crippen LogP) is 3.43. The Balaban J connectivity index is 2.46. The van der Waals surface area contributed by atoms with Gasteiger partial charge in [-0.05, 0) is 39.7 Å². The standard InChI is InChI=1S/C13H20O/c1-11(14-13(2,3)4)10-12-8-6-5-7-9-12/h5-9,11H,10H2,1-4H3. The van der Waals surface area contributed by atoms with E-state index in [2.05, 4.69) is 52.0 Å². The van der Waals surface area contributed by atoms with Crippen LogP contribution in [0.4, 0.5) is 0 Å². The Morgan fingerprint density at radius 3 is 2.21 bits per heavy atom. The molecule has 0 bridgehead atoms. The van der Waals surface area contributed by atoms with Gasteiger partial charge in [0, 0.05) is 0 Å². The zero-order valence-electron chi connectivity index (χ0n) is 9.58. The molecule has 14 heavy (non-hydrogen) atoms. The maximum Gasteiger partial charge on any atom is 0.0602 e. The van der Waals surface area contributed by atoms with Crippen molar-refractivity contribution in [2.75, 3.05) is 0 Å². The number of ether oxygens (including phenoxy) is 1. The van der Waals surface area contributed by atoms with Crippen LogP contribution in [0.1, 0.15) is 33.3 Å². The molecule has 1 atom stereocenters. The molecule has 1 aromatic rings. The van der Waals surface area contributed by atoms with Gasteiger partial charge >= 0.3 is 0 Å². The fourth-order valence-corrected chi connectivity index (χ4v) is 1.59. The SMILES string of the molecule is CC(Cc1ccccc1)OC(C)(C)C. The number of hydrogen-bond acceptors (Lipinski definition) is 1. The highest BCUT2D eigenvalue weighted by atomic mass is 16.5. The molecule has 0 aliphatic heterocycles. The molecule has 0 fully saturated rings. The third kappa shape index (κ3) is 4.43. The van der Waals surface area contributed by atoms with Crippen LogP contribution in [0.25, 0.3) is 0 Å². The van der Waals surface area contributed by atoms with E-state index < -0.39 is 0 Å². The van der Waals surface area contributed by atoms with Crippen LogP contribution in [0.2, 0.25) is 0 Å². The van der Waals surface area contributed by atoms with Crippen molar-refractivity contribution < 1.29 is 4.74 Å². The van der Waals surface area contributed by atoms with Crippen LogP contribution >= 0.6 is 0 Å². The van der Waals surface area contributed by atoms with E-state index in [1.165, 1.54) is 5.56 Å². The van der Waals surface area contributed by atoms with Crippen molar-refractivity contribution in [2.45, 2.75) is 45.8 Å². The van der Waals surface area contributed by atoms with E-state index in [-0.39, 0.29) is 11.7 Å². The smallest absolute Gasteiger partial charge is 0.0602 e. The molecule has 0 saturated carbocycles.